The third-order valence-corrected chi connectivity index (χ3v) is 5.66. The summed E-state index contributed by atoms with van der Waals surface area (Å²) in [7, 11) is -4.13. The second-order valence-corrected chi connectivity index (χ2v) is 9.12. The Morgan fingerprint density at radius 1 is 1.22 bits per heavy atom. The van der Waals surface area contributed by atoms with E-state index < -0.39 is 32.3 Å². The van der Waals surface area contributed by atoms with Gasteiger partial charge < -0.3 is 9.64 Å². The van der Waals surface area contributed by atoms with E-state index in [0.717, 1.165) is 10.4 Å². The molecule has 0 unspecified atom stereocenters. The van der Waals surface area contributed by atoms with Gasteiger partial charge in [0.25, 0.3) is 5.69 Å². The van der Waals surface area contributed by atoms with E-state index in [2.05, 4.69) is 6.58 Å². The smallest absolute Gasteiger partial charge is 0.410 e. The second kappa shape index (κ2) is 7.65. The summed E-state index contributed by atoms with van der Waals surface area (Å²) in [5, 5.41) is 11.2. The van der Waals surface area contributed by atoms with Gasteiger partial charge >= 0.3 is 6.09 Å². The minimum atomic E-state index is -4.13. The third kappa shape index (κ3) is 5.04. The van der Waals surface area contributed by atoms with Crippen molar-refractivity contribution in [2.75, 3.05) is 26.2 Å². The van der Waals surface area contributed by atoms with Crippen molar-refractivity contribution in [2.24, 2.45) is 0 Å². The van der Waals surface area contributed by atoms with Gasteiger partial charge in [-0.25, -0.2) is 13.2 Å². The van der Waals surface area contributed by atoms with Gasteiger partial charge in [0.15, 0.2) is 4.90 Å². The minimum absolute atomic E-state index is 0.0212. The number of hydrogen-bond acceptors (Lipinski definition) is 6. The van der Waals surface area contributed by atoms with Crippen molar-refractivity contribution in [2.45, 2.75) is 31.3 Å². The Morgan fingerprint density at radius 2 is 1.85 bits per heavy atom. The minimum Gasteiger partial charge on any atom is -0.444 e. The molecule has 1 heterocycles. The first kappa shape index (κ1) is 20.8. The lowest BCUT2D eigenvalue weighted by Gasteiger charge is -2.26. The molecule has 1 aromatic rings. The first-order valence-electron chi connectivity index (χ1n) is 8.30. The molecule has 9 nitrogen and oxygen atoms in total. The lowest BCUT2D eigenvalue weighted by atomic mass is 10.2. The highest BCUT2D eigenvalue weighted by atomic mass is 32.2. The van der Waals surface area contributed by atoms with Crippen LogP contribution in [0.5, 0.6) is 0 Å². The number of carbonyl (C=O) groups is 1. The normalized spacial score (nSPS) is 16.7. The Hall–Kier alpha value is -2.46. The van der Waals surface area contributed by atoms with Gasteiger partial charge in [-0.1, -0.05) is 18.7 Å². The summed E-state index contributed by atoms with van der Waals surface area (Å²) in [5.74, 6) is 0. The number of nitro benzene ring substituents is 1. The van der Waals surface area contributed by atoms with Crippen LogP contribution in [0, 0.1) is 10.1 Å². The van der Waals surface area contributed by atoms with Gasteiger partial charge in [0.05, 0.1) is 4.92 Å². The van der Waals surface area contributed by atoms with Crippen LogP contribution in [-0.2, 0) is 14.8 Å². The van der Waals surface area contributed by atoms with Crippen molar-refractivity contribution >= 4 is 21.8 Å². The average Bonchev–Trinajstić information content (AvgIpc) is 2.75. The van der Waals surface area contributed by atoms with Crippen LogP contribution in [-0.4, -0.2) is 60.4 Å². The molecule has 27 heavy (non-hydrogen) atoms. The van der Waals surface area contributed by atoms with Gasteiger partial charge in [-0.15, -0.1) is 0 Å². The number of nitrogens with zero attached hydrogens (tertiary/aromatic N) is 3. The molecule has 0 saturated carbocycles. The van der Waals surface area contributed by atoms with E-state index in [4.69, 9.17) is 4.74 Å². The van der Waals surface area contributed by atoms with E-state index in [0.29, 0.717) is 5.57 Å². The zero-order chi connectivity index (χ0) is 20.4. The fourth-order valence-electron chi connectivity index (χ4n) is 2.61. The van der Waals surface area contributed by atoms with Gasteiger partial charge in [0.1, 0.15) is 5.60 Å². The monoisotopic (exact) mass is 397 g/mol. The van der Waals surface area contributed by atoms with E-state index in [9.17, 15) is 23.3 Å². The maximum absolute atomic E-state index is 13.0. The molecule has 0 N–H and O–H groups in total. The molecular formula is C17H23N3O6S. The number of carbonyl (C=O) groups excluding carboxylic acids is 1. The van der Waals surface area contributed by atoms with E-state index >= 15 is 0 Å². The van der Waals surface area contributed by atoms with Crippen LogP contribution < -0.4 is 0 Å². The van der Waals surface area contributed by atoms with Crippen LogP contribution in [0.1, 0.15) is 20.8 Å². The molecule has 1 aliphatic heterocycles. The molecule has 1 aromatic carbocycles. The van der Waals surface area contributed by atoms with Crippen molar-refractivity contribution in [3.05, 3.63) is 46.5 Å². The van der Waals surface area contributed by atoms with Crippen molar-refractivity contribution in [1.29, 1.82) is 0 Å². The Bertz CT molecular complexity index is 860. The molecular weight excluding hydrogens is 374 g/mol. The Morgan fingerprint density at radius 3 is 2.44 bits per heavy atom. The first-order valence-corrected chi connectivity index (χ1v) is 9.74. The molecule has 0 bridgehead atoms. The molecule has 0 aliphatic carbocycles. The summed E-state index contributed by atoms with van der Waals surface area (Å²) >= 11 is 0. The number of hydrogen-bond donors (Lipinski definition) is 0. The predicted molar refractivity (Wildman–Crippen MR) is 98.8 cm³/mol. The van der Waals surface area contributed by atoms with Crippen LogP contribution in [0.15, 0.2) is 41.3 Å². The van der Waals surface area contributed by atoms with Gasteiger partial charge in [0.2, 0.25) is 10.0 Å². The number of para-hydroxylation sites is 1. The lowest BCUT2D eigenvalue weighted by Crippen LogP contribution is -2.40. The van der Waals surface area contributed by atoms with Crippen LogP contribution >= 0.6 is 0 Å². The number of benzene rings is 1. The van der Waals surface area contributed by atoms with Crippen LogP contribution in [0.25, 0.3) is 0 Å². The van der Waals surface area contributed by atoms with Crippen LogP contribution in [0.3, 0.4) is 0 Å². The fourth-order valence-corrected chi connectivity index (χ4v) is 4.22. The Balaban J connectivity index is 2.27. The molecule has 1 aliphatic rings. The summed E-state index contributed by atoms with van der Waals surface area (Å²) in [6, 6.07) is 5.18. The van der Waals surface area contributed by atoms with Crippen molar-refractivity contribution < 1.29 is 22.9 Å². The van der Waals surface area contributed by atoms with Gasteiger partial charge in [-0.2, -0.15) is 4.31 Å². The Labute approximate surface area is 158 Å². The molecule has 0 spiro atoms. The molecule has 1 amide bonds. The first-order chi connectivity index (χ1) is 12.4. The lowest BCUT2D eigenvalue weighted by molar-refractivity contribution is -0.387. The molecule has 1 fully saturated rings. The van der Waals surface area contributed by atoms with Crippen molar-refractivity contribution in [3.63, 3.8) is 0 Å². The van der Waals surface area contributed by atoms with Crippen LogP contribution in [0.4, 0.5) is 10.5 Å². The van der Waals surface area contributed by atoms with Gasteiger partial charge in [-0.3, -0.25) is 10.1 Å². The van der Waals surface area contributed by atoms with Crippen molar-refractivity contribution in [3.8, 4) is 0 Å². The summed E-state index contributed by atoms with van der Waals surface area (Å²) < 4.78 is 32.3. The number of sulfonamides is 1. The number of nitro groups is 1. The molecule has 0 atom stereocenters. The standard InChI is InChI=1S/C17H23N3O6S/c1-13-11-18(16(21)26-17(2,3)4)9-10-19(12-13)27(24,25)15-8-6-5-7-14(15)20(22)23/h5-8H,1,9-12H2,2-4H3. The van der Waals surface area contributed by atoms with Crippen LogP contribution in [0.2, 0.25) is 0 Å². The fraction of sp³-hybridized carbons (Fsp3) is 0.471. The Kier molecular flexibility index (Phi) is 5.91. The molecule has 1 saturated heterocycles. The zero-order valence-corrected chi connectivity index (χ0v) is 16.4. The highest BCUT2D eigenvalue weighted by Gasteiger charge is 2.34. The average molecular weight is 397 g/mol. The number of ether oxygens (including phenoxy) is 1. The van der Waals surface area contributed by atoms with E-state index in [1.165, 1.54) is 23.1 Å². The highest BCUT2D eigenvalue weighted by Crippen LogP contribution is 2.27. The maximum Gasteiger partial charge on any atom is 0.410 e. The van der Waals surface area contributed by atoms with Gasteiger partial charge in [0, 0.05) is 32.2 Å². The van der Waals surface area contributed by atoms with Gasteiger partial charge in [-0.05, 0) is 32.4 Å². The molecule has 2 rings (SSSR count). The SMILES string of the molecule is C=C1CN(C(=O)OC(C)(C)C)CCN(S(=O)(=O)c2ccccc2[N+](=O)[O-])C1. The molecule has 0 aromatic heterocycles. The summed E-state index contributed by atoms with van der Waals surface area (Å²) in [6.07, 6.45) is -0.561. The number of amides is 1. The zero-order valence-electron chi connectivity index (χ0n) is 15.5. The summed E-state index contributed by atoms with van der Waals surface area (Å²) in [6.45, 7) is 9.23. The molecule has 148 valence electrons. The quantitative estimate of drug-likeness (QED) is 0.440. The molecule has 10 heteroatoms. The summed E-state index contributed by atoms with van der Waals surface area (Å²) in [4.78, 5) is 23.7. The summed E-state index contributed by atoms with van der Waals surface area (Å²) in [5.41, 5.74) is -0.682. The highest BCUT2D eigenvalue weighted by molar-refractivity contribution is 7.89. The predicted octanol–water partition coefficient (Wildman–Crippen LogP) is 2.39. The van der Waals surface area contributed by atoms with E-state index in [1.54, 1.807) is 20.8 Å². The van der Waals surface area contributed by atoms with E-state index in [1.807, 2.05) is 0 Å². The maximum atomic E-state index is 13.0. The molecule has 0 radical (unpaired) electrons. The third-order valence-electron chi connectivity index (χ3n) is 3.77. The number of rotatable bonds is 3. The topological polar surface area (TPSA) is 110 Å². The van der Waals surface area contributed by atoms with Crippen molar-refractivity contribution in [1.82, 2.24) is 9.21 Å². The van der Waals surface area contributed by atoms with E-state index in [-0.39, 0.29) is 31.1 Å². The second-order valence-electron chi connectivity index (χ2n) is 7.22. The largest absolute Gasteiger partial charge is 0.444 e.